The van der Waals surface area contributed by atoms with Gasteiger partial charge in [-0.1, -0.05) is 35.5 Å². The van der Waals surface area contributed by atoms with Crippen molar-refractivity contribution in [1.29, 1.82) is 0 Å². The van der Waals surface area contributed by atoms with E-state index in [0.29, 0.717) is 11.7 Å². The minimum Gasteiger partial charge on any atom is -0.497 e. The summed E-state index contributed by atoms with van der Waals surface area (Å²) in [6, 6.07) is 15.9. The van der Waals surface area contributed by atoms with Gasteiger partial charge in [0, 0.05) is 16.7 Å². The molecule has 1 aliphatic carbocycles. The maximum Gasteiger partial charge on any atom is 0.276 e. The number of ether oxygens (including phenoxy) is 1. The third kappa shape index (κ3) is 2.30. The van der Waals surface area contributed by atoms with Crippen molar-refractivity contribution >= 4 is 0 Å². The van der Waals surface area contributed by atoms with E-state index >= 15 is 0 Å². The molecule has 0 bridgehead atoms. The Morgan fingerprint density at radius 3 is 2.81 bits per heavy atom. The predicted octanol–water partition coefficient (Wildman–Crippen LogP) is 3.90. The Morgan fingerprint density at radius 1 is 1.08 bits per heavy atom. The van der Waals surface area contributed by atoms with Crippen LogP contribution in [0.3, 0.4) is 0 Å². The second-order valence-corrected chi connectivity index (χ2v) is 6.24. The number of benzene rings is 2. The lowest BCUT2D eigenvalue weighted by Crippen LogP contribution is -2.04. The van der Waals surface area contributed by atoms with Crippen LogP contribution in [0.4, 0.5) is 0 Å². The zero-order valence-corrected chi connectivity index (χ0v) is 14.2. The number of aromatic nitrogens is 4. The van der Waals surface area contributed by atoms with Gasteiger partial charge < -0.3 is 9.26 Å². The molecule has 0 atom stereocenters. The first-order valence-electron chi connectivity index (χ1n) is 8.47. The van der Waals surface area contributed by atoms with Crippen LogP contribution in [0.2, 0.25) is 0 Å². The summed E-state index contributed by atoms with van der Waals surface area (Å²) in [5.74, 6) is 1.91. The van der Waals surface area contributed by atoms with E-state index in [4.69, 9.17) is 9.26 Å². The van der Waals surface area contributed by atoms with Crippen molar-refractivity contribution < 1.29 is 9.26 Å². The van der Waals surface area contributed by atoms with E-state index in [9.17, 15) is 0 Å². The van der Waals surface area contributed by atoms with Gasteiger partial charge in [-0.2, -0.15) is 10.1 Å². The molecule has 5 rings (SSSR count). The van der Waals surface area contributed by atoms with Crippen LogP contribution in [0.1, 0.15) is 11.1 Å². The highest BCUT2D eigenvalue weighted by Gasteiger charge is 2.25. The molecule has 4 aromatic rings. The quantitative estimate of drug-likeness (QED) is 0.610. The first-order chi connectivity index (χ1) is 12.8. The number of aryl methyl sites for hydroxylation is 1. The minimum atomic E-state index is 0.467. The van der Waals surface area contributed by atoms with Crippen molar-refractivity contribution in [1.82, 2.24) is 20.3 Å². The van der Waals surface area contributed by atoms with Gasteiger partial charge in [0.2, 0.25) is 5.82 Å². The Kier molecular flexibility index (Phi) is 3.35. The SMILES string of the molecule is COc1ccc2c(c1)CCc1c-2n[nH]c1-c1nc(-c2ccccc2)no1. The molecule has 1 N–H and O–H groups in total. The maximum atomic E-state index is 5.50. The van der Waals surface area contributed by atoms with Gasteiger partial charge in [-0.3, -0.25) is 5.10 Å². The summed E-state index contributed by atoms with van der Waals surface area (Å²) >= 11 is 0. The van der Waals surface area contributed by atoms with Gasteiger partial charge in [-0.25, -0.2) is 0 Å². The number of fused-ring (bicyclic) bond motifs is 3. The zero-order valence-electron chi connectivity index (χ0n) is 14.2. The van der Waals surface area contributed by atoms with Gasteiger partial charge >= 0.3 is 0 Å². The number of H-pyrrole nitrogens is 1. The number of nitrogens with one attached hydrogen (secondary N) is 1. The van der Waals surface area contributed by atoms with Crippen molar-refractivity contribution in [3.8, 4) is 40.0 Å². The fraction of sp³-hybridized carbons (Fsp3) is 0.150. The van der Waals surface area contributed by atoms with Crippen molar-refractivity contribution in [3.05, 3.63) is 59.7 Å². The molecule has 2 aromatic heterocycles. The van der Waals surface area contributed by atoms with E-state index in [2.05, 4.69) is 32.5 Å². The zero-order chi connectivity index (χ0) is 17.5. The average Bonchev–Trinajstić information content (AvgIpc) is 3.35. The molecule has 0 amide bonds. The average molecular weight is 344 g/mol. The van der Waals surface area contributed by atoms with Crippen LogP contribution in [0.25, 0.3) is 34.2 Å². The summed E-state index contributed by atoms with van der Waals surface area (Å²) in [6.45, 7) is 0. The van der Waals surface area contributed by atoms with E-state index in [1.165, 1.54) is 5.56 Å². The van der Waals surface area contributed by atoms with Crippen LogP contribution in [0, 0.1) is 0 Å². The summed E-state index contributed by atoms with van der Waals surface area (Å²) in [5, 5.41) is 11.7. The molecule has 0 fully saturated rings. The Morgan fingerprint density at radius 2 is 1.96 bits per heavy atom. The number of hydrogen-bond acceptors (Lipinski definition) is 5. The number of rotatable bonds is 3. The van der Waals surface area contributed by atoms with Crippen molar-refractivity contribution in [2.75, 3.05) is 7.11 Å². The highest BCUT2D eigenvalue weighted by Crippen LogP contribution is 2.38. The normalized spacial score (nSPS) is 12.5. The molecule has 0 radical (unpaired) electrons. The first-order valence-corrected chi connectivity index (χ1v) is 8.47. The van der Waals surface area contributed by atoms with Crippen LogP contribution >= 0.6 is 0 Å². The van der Waals surface area contributed by atoms with Gasteiger partial charge in [0.05, 0.1) is 12.8 Å². The molecule has 26 heavy (non-hydrogen) atoms. The highest BCUT2D eigenvalue weighted by atomic mass is 16.5. The minimum absolute atomic E-state index is 0.467. The molecule has 1 aliphatic rings. The third-order valence-electron chi connectivity index (χ3n) is 4.75. The smallest absolute Gasteiger partial charge is 0.276 e. The van der Waals surface area contributed by atoms with Crippen LogP contribution in [0.5, 0.6) is 5.75 Å². The van der Waals surface area contributed by atoms with E-state index in [0.717, 1.165) is 46.7 Å². The Bertz CT molecular complexity index is 1080. The second kappa shape index (κ2) is 5.84. The molecule has 0 spiro atoms. The monoisotopic (exact) mass is 344 g/mol. The lowest BCUT2D eigenvalue weighted by atomic mass is 9.89. The van der Waals surface area contributed by atoms with Crippen molar-refractivity contribution in [2.45, 2.75) is 12.8 Å². The van der Waals surface area contributed by atoms with E-state index < -0.39 is 0 Å². The molecule has 0 saturated carbocycles. The predicted molar refractivity (Wildman–Crippen MR) is 96.7 cm³/mol. The Labute approximate surface area is 149 Å². The molecule has 0 unspecified atom stereocenters. The summed E-state index contributed by atoms with van der Waals surface area (Å²) in [6.07, 6.45) is 1.79. The molecule has 2 heterocycles. The summed E-state index contributed by atoms with van der Waals surface area (Å²) < 4.78 is 10.8. The number of hydrogen-bond donors (Lipinski definition) is 1. The van der Waals surface area contributed by atoms with Gasteiger partial charge in [0.1, 0.15) is 11.4 Å². The van der Waals surface area contributed by atoms with Crippen LogP contribution < -0.4 is 4.74 Å². The lowest BCUT2D eigenvalue weighted by molar-refractivity contribution is 0.414. The number of nitrogens with zero attached hydrogens (tertiary/aromatic N) is 3. The molecule has 0 aliphatic heterocycles. The fourth-order valence-corrected chi connectivity index (χ4v) is 3.43. The topological polar surface area (TPSA) is 76.8 Å². The number of aromatic amines is 1. The molecule has 6 heteroatoms. The van der Waals surface area contributed by atoms with E-state index in [-0.39, 0.29) is 0 Å². The highest BCUT2D eigenvalue weighted by molar-refractivity contribution is 5.76. The largest absolute Gasteiger partial charge is 0.497 e. The molecule has 6 nitrogen and oxygen atoms in total. The summed E-state index contributed by atoms with van der Waals surface area (Å²) in [7, 11) is 1.68. The molecular weight excluding hydrogens is 328 g/mol. The molecule has 2 aromatic carbocycles. The Hall–Kier alpha value is -3.41. The maximum absolute atomic E-state index is 5.50. The van der Waals surface area contributed by atoms with Gasteiger partial charge in [-0.05, 0) is 36.6 Å². The van der Waals surface area contributed by atoms with Gasteiger partial charge in [-0.15, -0.1) is 0 Å². The van der Waals surface area contributed by atoms with Gasteiger partial charge in [0.25, 0.3) is 5.89 Å². The van der Waals surface area contributed by atoms with Gasteiger partial charge in [0.15, 0.2) is 0 Å². The summed E-state index contributed by atoms with van der Waals surface area (Å²) in [4.78, 5) is 4.55. The van der Waals surface area contributed by atoms with E-state index in [1.54, 1.807) is 7.11 Å². The van der Waals surface area contributed by atoms with E-state index in [1.807, 2.05) is 36.4 Å². The van der Waals surface area contributed by atoms with Crippen LogP contribution in [-0.2, 0) is 12.8 Å². The fourth-order valence-electron chi connectivity index (χ4n) is 3.43. The molecule has 0 saturated heterocycles. The van der Waals surface area contributed by atoms with Crippen molar-refractivity contribution in [3.63, 3.8) is 0 Å². The van der Waals surface area contributed by atoms with Crippen molar-refractivity contribution in [2.24, 2.45) is 0 Å². The summed E-state index contributed by atoms with van der Waals surface area (Å²) in [5.41, 5.74) is 6.15. The Balaban J connectivity index is 1.55. The van der Waals surface area contributed by atoms with Crippen LogP contribution in [-0.4, -0.2) is 27.4 Å². The molecule has 128 valence electrons. The lowest BCUT2D eigenvalue weighted by Gasteiger charge is -2.16. The third-order valence-corrected chi connectivity index (χ3v) is 4.75. The standard InChI is InChI=1S/C20H16N4O2/c1-25-14-8-10-15-13(11-14)7-9-16-17(15)22-23-18(16)20-21-19(24-26-20)12-5-3-2-4-6-12/h2-6,8,10-11H,7,9H2,1H3,(H,22,23). The number of methoxy groups -OCH3 is 1. The second-order valence-electron chi connectivity index (χ2n) is 6.24. The molecular formula is C20H16N4O2. The first kappa shape index (κ1) is 14.9. The van der Waals surface area contributed by atoms with Crippen LogP contribution in [0.15, 0.2) is 53.1 Å².